The number of aliphatic imine (C=N–C) groups is 1. The van der Waals surface area contributed by atoms with E-state index in [1.165, 1.54) is 6.07 Å². The molecule has 2 aromatic rings. The zero-order chi connectivity index (χ0) is 16.4. The number of hydrogen-bond acceptors (Lipinski definition) is 2. The SMILES string of the molecule is C.CN1CCN=C(/C=C/c2ccc(Cl)c(Cl)c2)c2c(F)cccc21. The first kappa shape index (κ1) is 18.5. The Labute approximate surface area is 152 Å². The first-order valence-corrected chi connectivity index (χ1v) is 7.99. The molecule has 0 spiro atoms. The molecular formula is C19H19Cl2FN2. The summed E-state index contributed by atoms with van der Waals surface area (Å²) in [6.45, 7) is 1.37. The monoisotopic (exact) mass is 364 g/mol. The van der Waals surface area contributed by atoms with Gasteiger partial charge in [-0.15, -0.1) is 0 Å². The highest BCUT2D eigenvalue weighted by molar-refractivity contribution is 6.42. The quantitative estimate of drug-likeness (QED) is 0.665. The number of allylic oxidation sites excluding steroid dienone is 1. The smallest absolute Gasteiger partial charge is 0.134 e. The van der Waals surface area contributed by atoms with Crippen molar-refractivity contribution in [3.63, 3.8) is 0 Å². The molecule has 2 nitrogen and oxygen atoms in total. The lowest BCUT2D eigenvalue weighted by Gasteiger charge is -2.19. The molecule has 0 amide bonds. The van der Waals surface area contributed by atoms with Gasteiger partial charge in [-0.05, 0) is 35.9 Å². The van der Waals surface area contributed by atoms with E-state index in [1.54, 1.807) is 18.2 Å². The van der Waals surface area contributed by atoms with E-state index >= 15 is 0 Å². The van der Waals surface area contributed by atoms with Gasteiger partial charge in [-0.2, -0.15) is 0 Å². The minimum atomic E-state index is -0.270. The second-order valence-electron chi connectivity index (χ2n) is 5.33. The highest BCUT2D eigenvalue weighted by Crippen LogP contribution is 2.27. The molecule has 2 aromatic carbocycles. The maximum absolute atomic E-state index is 14.3. The fourth-order valence-corrected chi connectivity index (χ4v) is 2.84. The van der Waals surface area contributed by atoms with Crippen LogP contribution in [0.25, 0.3) is 6.08 Å². The van der Waals surface area contributed by atoms with Gasteiger partial charge < -0.3 is 4.90 Å². The van der Waals surface area contributed by atoms with E-state index in [2.05, 4.69) is 4.99 Å². The second-order valence-corrected chi connectivity index (χ2v) is 6.14. The zero-order valence-corrected chi connectivity index (χ0v) is 14.1. The van der Waals surface area contributed by atoms with Crippen molar-refractivity contribution in [3.8, 4) is 0 Å². The summed E-state index contributed by atoms with van der Waals surface area (Å²) in [5, 5.41) is 0.997. The molecule has 0 bridgehead atoms. The van der Waals surface area contributed by atoms with E-state index < -0.39 is 0 Å². The van der Waals surface area contributed by atoms with Gasteiger partial charge in [0.2, 0.25) is 0 Å². The van der Waals surface area contributed by atoms with Crippen LogP contribution in [0.5, 0.6) is 0 Å². The van der Waals surface area contributed by atoms with Crippen LogP contribution in [0.15, 0.2) is 47.5 Å². The van der Waals surface area contributed by atoms with Gasteiger partial charge in [0.1, 0.15) is 5.82 Å². The number of benzodiazepines with no additional fused rings is 1. The summed E-state index contributed by atoms with van der Waals surface area (Å²) in [6, 6.07) is 10.5. The van der Waals surface area contributed by atoms with Crippen molar-refractivity contribution in [1.29, 1.82) is 0 Å². The van der Waals surface area contributed by atoms with Crippen LogP contribution in [-0.4, -0.2) is 25.8 Å². The van der Waals surface area contributed by atoms with Crippen LogP contribution < -0.4 is 4.90 Å². The van der Waals surface area contributed by atoms with Gasteiger partial charge in [-0.1, -0.05) is 48.8 Å². The van der Waals surface area contributed by atoms with Crippen LogP contribution in [0.2, 0.25) is 10.0 Å². The van der Waals surface area contributed by atoms with Crippen LogP contribution >= 0.6 is 23.2 Å². The molecule has 0 aliphatic carbocycles. The van der Waals surface area contributed by atoms with E-state index in [-0.39, 0.29) is 13.2 Å². The first-order chi connectivity index (χ1) is 11.1. The van der Waals surface area contributed by atoms with Crippen molar-refractivity contribution in [2.24, 2.45) is 4.99 Å². The Morgan fingerprint density at radius 3 is 2.67 bits per heavy atom. The molecule has 126 valence electrons. The van der Waals surface area contributed by atoms with Crippen molar-refractivity contribution in [3.05, 3.63) is 69.5 Å². The molecule has 0 atom stereocenters. The van der Waals surface area contributed by atoms with Gasteiger partial charge in [0, 0.05) is 19.3 Å². The predicted octanol–water partition coefficient (Wildman–Crippen LogP) is 5.72. The maximum atomic E-state index is 14.3. The molecule has 1 aliphatic heterocycles. The third-order valence-corrected chi connectivity index (χ3v) is 4.49. The van der Waals surface area contributed by atoms with E-state index in [9.17, 15) is 4.39 Å². The van der Waals surface area contributed by atoms with Crippen molar-refractivity contribution >= 4 is 40.7 Å². The van der Waals surface area contributed by atoms with Crippen molar-refractivity contribution < 1.29 is 4.39 Å². The highest BCUT2D eigenvalue weighted by Gasteiger charge is 2.18. The van der Waals surface area contributed by atoms with Crippen LogP contribution in [0.3, 0.4) is 0 Å². The summed E-state index contributed by atoms with van der Waals surface area (Å²) >= 11 is 11.9. The van der Waals surface area contributed by atoms with Crippen molar-refractivity contribution in [1.82, 2.24) is 0 Å². The summed E-state index contributed by atoms with van der Waals surface area (Å²) < 4.78 is 14.3. The number of rotatable bonds is 2. The van der Waals surface area contributed by atoms with Crippen LogP contribution in [0.4, 0.5) is 10.1 Å². The minimum Gasteiger partial charge on any atom is -0.372 e. The average Bonchev–Trinajstić information content (AvgIpc) is 2.69. The first-order valence-electron chi connectivity index (χ1n) is 7.24. The van der Waals surface area contributed by atoms with Crippen LogP contribution in [-0.2, 0) is 0 Å². The second kappa shape index (κ2) is 7.82. The Balaban J connectivity index is 0.00000208. The number of fused-ring (bicyclic) bond motifs is 1. The highest BCUT2D eigenvalue weighted by atomic mass is 35.5. The molecule has 0 aromatic heterocycles. The molecule has 0 fully saturated rings. The molecule has 0 unspecified atom stereocenters. The number of benzene rings is 2. The molecule has 1 heterocycles. The lowest BCUT2D eigenvalue weighted by Crippen LogP contribution is -2.20. The maximum Gasteiger partial charge on any atom is 0.134 e. The average molecular weight is 365 g/mol. The molecule has 1 aliphatic rings. The third-order valence-electron chi connectivity index (χ3n) is 3.75. The molecule has 0 saturated carbocycles. The number of nitrogens with zero attached hydrogens (tertiary/aromatic N) is 2. The minimum absolute atomic E-state index is 0. The van der Waals surface area contributed by atoms with E-state index in [0.29, 0.717) is 27.9 Å². The predicted molar refractivity (Wildman–Crippen MR) is 103 cm³/mol. The van der Waals surface area contributed by atoms with Gasteiger partial charge in [0.05, 0.1) is 27.9 Å². The van der Waals surface area contributed by atoms with Gasteiger partial charge in [0.25, 0.3) is 0 Å². The van der Waals surface area contributed by atoms with Gasteiger partial charge in [-0.3, -0.25) is 4.99 Å². The molecule has 3 rings (SSSR count). The lowest BCUT2D eigenvalue weighted by atomic mass is 10.0. The fourth-order valence-electron chi connectivity index (χ4n) is 2.53. The normalized spacial score (nSPS) is 14.0. The Kier molecular flexibility index (Phi) is 6.03. The summed E-state index contributed by atoms with van der Waals surface area (Å²) in [5.74, 6) is -0.270. The molecule has 0 radical (unpaired) electrons. The van der Waals surface area contributed by atoms with Gasteiger partial charge >= 0.3 is 0 Å². The topological polar surface area (TPSA) is 15.6 Å². The molecular weight excluding hydrogens is 346 g/mol. The number of likely N-dealkylation sites (N-methyl/N-ethyl adjacent to an activating group) is 1. The Morgan fingerprint density at radius 1 is 1.12 bits per heavy atom. The Hall–Kier alpha value is -1.84. The fraction of sp³-hybridized carbons (Fsp3) is 0.211. The lowest BCUT2D eigenvalue weighted by molar-refractivity contribution is 0.625. The summed E-state index contributed by atoms with van der Waals surface area (Å²) in [4.78, 5) is 6.54. The number of halogens is 3. The summed E-state index contributed by atoms with van der Waals surface area (Å²) in [7, 11) is 1.94. The van der Waals surface area contributed by atoms with E-state index in [4.69, 9.17) is 23.2 Å². The van der Waals surface area contributed by atoms with E-state index in [0.717, 1.165) is 17.8 Å². The number of anilines is 1. The van der Waals surface area contributed by atoms with Gasteiger partial charge in [-0.25, -0.2) is 4.39 Å². The molecule has 0 saturated heterocycles. The molecule has 5 heteroatoms. The van der Waals surface area contributed by atoms with Crippen LogP contribution in [0.1, 0.15) is 18.6 Å². The molecule has 24 heavy (non-hydrogen) atoms. The standard InChI is InChI=1S/C18H15Cl2FN2.CH4/c1-23-10-9-22-16(18-15(21)3-2-4-17(18)23)8-6-12-5-7-13(19)14(20)11-12;/h2-8,11H,9-10H2,1H3;1H4/b8-6+;. The van der Waals surface area contributed by atoms with Crippen molar-refractivity contribution in [2.45, 2.75) is 7.43 Å². The summed E-state index contributed by atoms with van der Waals surface area (Å²) in [5.41, 5.74) is 2.90. The van der Waals surface area contributed by atoms with E-state index in [1.807, 2.05) is 36.2 Å². The summed E-state index contributed by atoms with van der Waals surface area (Å²) in [6.07, 6.45) is 3.68. The zero-order valence-electron chi connectivity index (χ0n) is 12.6. The van der Waals surface area contributed by atoms with Crippen LogP contribution in [0, 0.1) is 5.82 Å². The molecule has 0 N–H and O–H groups in total. The Bertz CT molecular complexity index is 800. The number of hydrogen-bond donors (Lipinski definition) is 0. The van der Waals surface area contributed by atoms with Crippen molar-refractivity contribution in [2.75, 3.05) is 25.0 Å². The third kappa shape index (κ3) is 3.80. The Morgan fingerprint density at radius 2 is 1.92 bits per heavy atom. The largest absolute Gasteiger partial charge is 0.372 e. The van der Waals surface area contributed by atoms with Gasteiger partial charge in [0.15, 0.2) is 0 Å².